The second kappa shape index (κ2) is 15.5. The predicted molar refractivity (Wildman–Crippen MR) is 155 cm³/mol. The Morgan fingerprint density at radius 3 is 2.20 bits per heavy atom. The summed E-state index contributed by atoms with van der Waals surface area (Å²) in [4.78, 5) is 36.9. The van der Waals surface area contributed by atoms with Gasteiger partial charge in [-0.25, -0.2) is 18.2 Å². The number of nitrogens with one attached hydrogen (secondary N) is 1. The van der Waals surface area contributed by atoms with Gasteiger partial charge in [-0.1, -0.05) is 21.3 Å². The molecule has 2 aromatic heterocycles. The minimum absolute atomic E-state index is 0. The van der Waals surface area contributed by atoms with Crippen LogP contribution >= 0.6 is 0 Å². The van der Waals surface area contributed by atoms with Gasteiger partial charge in [-0.05, 0) is 37.0 Å². The zero-order valence-corrected chi connectivity index (χ0v) is 24.8. The zero-order chi connectivity index (χ0) is 31.9. The van der Waals surface area contributed by atoms with Crippen LogP contribution in [0.3, 0.4) is 0 Å². The second-order valence-electron chi connectivity index (χ2n) is 10.5. The lowest BCUT2D eigenvalue weighted by molar-refractivity contribution is -0.189. The maximum atomic E-state index is 15.8. The number of alkyl halides is 4. The van der Waals surface area contributed by atoms with Gasteiger partial charge in [0.2, 0.25) is 0 Å². The topological polar surface area (TPSA) is 81.7 Å². The molecule has 0 saturated carbocycles. The molecule has 0 radical (unpaired) electrons. The first-order chi connectivity index (χ1) is 20.3. The maximum absolute atomic E-state index is 15.8. The number of likely N-dealkylation sites (tertiary alicyclic amines) is 2. The number of pyridine rings is 2. The van der Waals surface area contributed by atoms with Crippen molar-refractivity contribution in [1.29, 1.82) is 0 Å². The minimum atomic E-state index is -5.23. The van der Waals surface area contributed by atoms with Crippen LogP contribution < -0.4 is 5.32 Å². The summed E-state index contributed by atoms with van der Waals surface area (Å²) < 4.78 is 83.3. The van der Waals surface area contributed by atoms with Gasteiger partial charge in [0, 0.05) is 70.9 Å². The van der Waals surface area contributed by atoms with Gasteiger partial charge in [0.05, 0.1) is 18.4 Å². The molecular weight excluding hydrogens is 590 g/mol. The summed E-state index contributed by atoms with van der Waals surface area (Å²) in [5.74, 6) is -4.37. The van der Waals surface area contributed by atoms with Crippen LogP contribution in [0.5, 0.6) is 0 Å². The van der Waals surface area contributed by atoms with Gasteiger partial charge >= 0.3 is 12.1 Å². The van der Waals surface area contributed by atoms with Crippen molar-refractivity contribution in [2.24, 2.45) is 0 Å². The van der Waals surface area contributed by atoms with E-state index in [0.29, 0.717) is 36.8 Å². The van der Waals surface area contributed by atoms with Crippen LogP contribution in [0.25, 0.3) is 0 Å². The SMILES string of the molecule is C.CC.CNc1cc(CN2CCC(F)(C(=O)N3CCC(N(Cc4ncc(F)cc4F)C(=O)C(F)(F)F)CC3)CC2)c(C)cn1. The van der Waals surface area contributed by atoms with E-state index in [4.69, 9.17) is 0 Å². The molecule has 4 rings (SSSR count). The minimum Gasteiger partial charge on any atom is -0.373 e. The Bertz CT molecular complexity index is 1260. The van der Waals surface area contributed by atoms with Crippen molar-refractivity contribution >= 4 is 17.6 Å². The first-order valence-electron chi connectivity index (χ1n) is 14.3. The van der Waals surface area contributed by atoms with E-state index in [1.807, 2.05) is 26.8 Å². The van der Waals surface area contributed by atoms with Crippen molar-refractivity contribution in [3.63, 3.8) is 0 Å². The van der Waals surface area contributed by atoms with Gasteiger partial charge in [-0.3, -0.25) is 19.5 Å². The number of hydrogen-bond donors (Lipinski definition) is 1. The van der Waals surface area contributed by atoms with Crippen LogP contribution in [0.1, 0.15) is 63.8 Å². The van der Waals surface area contributed by atoms with Gasteiger partial charge < -0.3 is 15.1 Å². The summed E-state index contributed by atoms with van der Waals surface area (Å²) in [7, 11) is 1.77. The van der Waals surface area contributed by atoms with E-state index in [2.05, 4.69) is 20.2 Å². The van der Waals surface area contributed by atoms with Crippen LogP contribution in [-0.4, -0.2) is 87.6 Å². The van der Waals surface area contributed by atoms with Crippen molar-refractivity contribution in [3.8, 4) is 0 Å². The molecule has 1 N–H and O–H groups in total. The molecule has 0 aliphatic carbocycles. The second-order valence-corrected chi connectivity index (χ2v) is 10.5. The fourth-order valence-electron chi connectivity index (χ4n) is 5.31. The number of aryl methyl sites for hydroxylation is 1. The van der Waals surface area contributed by atoms with Crippen LogP contribution in [0, 0.1) is 18.6 Å². The number of hydrogen-bond acceptors (Lipinski definition) is 6. The highest BCUT2D eigenvalue weighted by Crippen LogP contribution is 2.32. The number of halogens is 6. The van der Waals surface area contributed by atoms with Gasteiger partial charge in [-0.15, -0.1) is 0 Å². The fourth-order valence-corrected chi connectivity index (χ4v) is 5.31. The highest BCUT2D eigenvalue weighted by Gasteiger charge is 2.48. The Labute approximate surface area is 254 Å². The number of carbonyl (C=O) groups is 2. The van der Waals surface area contributed by atoms with Crippen molar-refractivity contribution in [2.45, 2.75) is 84.9 Å². The molecule has 2 saturated heterocycles. The summed E-state index contributed by atoms with van der Waals surface area (Å²) in [6.07, 6.45) is -3.00. The molecule has 246 valence electrons. The standard InChI is InChI=1S/C27H32F6N6O2.C2H6.CH4/c1-17-13-36-23(34-2)11-18(17)15-37-9-5-26(30,6-10-37)24(40)38-7-3-20(4-8-38)39(25(41)27(31,32)33)16-22-21(29)12-19(28)14-35-22;1-2;/h11-14,20H,3-10,15-16H2,1-2H3,(H,34,36);1-2H3;1H4. The number of amides is 2. The lowest BCUT2D eigenvalue weighted by Crippen LogP contribution is -2.56. The Balaban J connectivity index is 0.00000220. The van der Waals surface area contributed by atoms with Crippen molar-refractivity contribution in [1.82, 2.24) is 24.7 Å². The maximum Gasteiger partial charge on any atom is 0.471 e. The highest BCUT2D eigenvalue weighted by molar-refractivity contribution is 5.85. The van der Waals surface area contributed by atoms with E-state index >= 15 is 4.39 Å². The Morgan fingerprint density at radius 1 is 1.05 bits per heavy atom. The number of anilines is 1. The molecule has 0 aromatic carbocycles. The van der Waals surface area contributed by atoms with Crippen LogP contribution in [0.4, 0.5) is 32.2 Å². The quantitative estimate of drug-likeness (QED) is 0.398. The lowest BCUT2D eigenvalue weighted by Gasteiger charge is -2.42. The number of nitrogens with zero attached hydrogens (tertiary/aromatic N) is 5. The van der Waals surface area contributed by atoms with Crippen LogP contribution in [0.2, 0.25) is 0 Å². The lowest BCUT2D eigenvalue weighted by atomic mass is 9.90. The highest BCUT2D eigenvalue weighted by atomic mass is 19.4. The van der Waals surface area contributed by atoms with Gasteiger partial charge in [0.15, 0.2) is 5.67 Å². The zero-order valence-electron chi connectivity index (χ0n) is 24.8. The molecular formula is C30H42F6N6O2. The van der Waals surface area contributed by atoms with E-state index < -0.39 is 53.6 Å². The molecule has 8 nitrogen and oxygen atoms in total. The first-order valence-corrected chi connectivity index (χ1v) is 14.3. The molecule has 44 heavy (non-hydrogen) atoms. The van der Waals surface area contributed by atoms with E-state index in [-0.39, 0.29) is 46.2 Å². The Kier molecular flexibility index (Phi) is 13.0. The molecule has 2 aliphatic heterocycles. The summed E-state index contributed by atoms with van der Waals surface area (Å²) >= 11 is 0. The molecule has 0 bridgehead atoms. The molecule has 2 aliphatic rings. The molecule has 4 heterocycles. The van der Waals surface area contributed by atoms with E-state index in [1.54, 1.807) is 13.2 Å². The summed E-state index contributed by atoms with van der Waals surface area (Å²) in [5, 5.41) is 2.99. The average Bonchev–Trinajstić information content (AvgIpc) is 2.99. The van der Waals surface area contributed by atoms with E-state index in [9.17, 15) is 31.5 Å². The summed E-state index contributed by atoms with van der Waals surface area (Å²) in [6.45, 7) is 6.25. The van der Waals surface area contributed by atoms with Gasteiger partial charge in [-0.2, -0.15) is 13.2 Å². The van der Waals surface area contributed by atoms with Crippen LogP contribution in [0.15, 0.2) is 24.5 Å². The smallest absolute Gasteiger partial charge is 0.373 e. The largest absolute Gasteiger partial charge is 0.471 e. The molecule has 2 amide bonds. The average molecular weight is 633 g/mol. The monoisotopic (exact) mass is 632 g/mol. The number of piperidine rings is 2. The number of rotatable bonds is 7. The summed E-state index contributed by atoms with van der Waals surface area (Å²) in [6, 6.07) is 1.40. The molecule has 14 heteroatoms. The van der Waals surface area contributed by atoms with Gasteiger partial charge in [0.25, 0.3) is 5.91 Å². The molecule has 0 unspecified atom stereocenters. The first kappa shape index (κ1) is 36.8. The predicted octanol–water partition coefficient (Wildman–Crippen LogP) is 5.65. The third kappa shape index (κ3) is 8.82. The molecule has 0 atom stereocenters. The molecule has 2 fully saturated rings. The fraction of sp³-hybridized carbons (Fsp3) is 0.600. The van der Waals surface area contributed by atoms with Crippen molar-refractivity contribution in [3.05, 3.63) is 53.0 Å². The van der Waals surface area contributed by atoms with E-state index in [0.717, 1.165) is 16.9 Å². The van der Waals surface area contributed by atoms with Crippen LogP contribution in [-0.2, 0) is 22.7 Å². The van der Waals surface area contributed by atoms with E-state index in [1.165, 1.54) is 4.90 Å². The van der Waals surface area contributed by atoms with Gasteiger partial charge in [0.1, 0.15) is 17.5 Å². The normalized spacial score (nSPS) is 17.2. The molecule has 0 spiro atoms. The third-order valence-corrected chi connectivity index (χ3v) is 7.80. The Morgan fingerprint density at radius 2 is 1.66 bits per heavy atom. The van der Waals surface area contributed by atoms with Crippen molar-refractivity contribution in [2.75, 3.05) is 38.5 Å². The third-order valence-electron chi connectivity index (χ3n) is 7.80. The number of aromatic nitrogens is 2. The molecule has 2 aromatic rings. The number of carbonyl (C=O) groups excluding carboxylic acids is 2. The van der Waals surface area contributed by atoms with Crippen molar-refractivity contribution < 1.29 is 35.9 Å². The summed E-state index contributed by atoms with van der Waals surface area (Å²) in [5.41, 5.74) is -0.579. The Hall–Kier alpha value is -3.42.